The summed E-state index contributed by atoms with van der Waals surface area (Å²) in [5.41, 5.74) is 1.86. The molecule has 2 aromatic rings. The van der Waals surface area contributed by atoms with Gasteiger partial charge in [0.15, 0.2) is 0 Å². The van der Waals surface area contributed by atoms with Crippen LogP contribution in [0.3, 0.4) is 0 Å². The molecule has 1 aromatic carbocycles. The molecular weight excluding hydrogens is 368 g/mol. The van der Waals surface area contributed by atoms with Crippen LogP contribution >= 0.6 is 0 Å². The molecule has 1 aromatic heterocycles. The molecule has 1 aliphatic heterocycles. The highest BCUT2D eigenvalue weighted by Crippen LogP contribution is 2.26. The van der Waals surface area contributed by atoms with Crippen LogP contribution in [-0.4, -0.2) is 67.9 Å². The van der Waals surface area contributed by atoms with Gasteiger partial charge < -0.3 is 15.3 Å². The number of aliphatic hydroxyl groups excluding tert-OH is 1. The highest BCUT2D eigenvalue weighted by molar-refractivity contribution is 5.78. The predicted octanol–water partition coefficient (Wildman–Crippen LogP) is 1.34. The zero-order valence-electron chi connectivity index (χ0n) is 16.8. The number of nitrogens with zero attached hydrogens (tertiary/aromatic N) is 5. The minimum Gasteiger partial charge on any atom is -0.393 e. The lowest BCUT2D eigenvalue weighted by Gasteiger charge is -2.36. The van der Waals surface area contributed by atoms with Crippen LogP contribution in [0.4, 0.5) is 0 Å². The van der Waals surface area contributed by atoms with Gasteiger partial charge in [-0.05, 0) is 66.1 Å². The van der Waals surface area contributed by atoms with Crippen LogP contribution in [0.15, 0.2) is 30.6 Å². The van der Waals surface area contributed by atoms with Crippen molar-refractivity contribution in [2.45, 2.75) is 57.1 Å². The third-order valence-corrected chi connectivity index (χ3v) is 6.14. The van der Waals surface area contributed by atoms with Gasteiger partial charge in [0.25, 0.3) is 0 Å². The molecule has 4 rings (SSSR count). The van der Waals surface area contributed by atoms with E-state index in [-0.39, 0.29) is 18.1 Å². The summed E-state index contributed by atoms with van der Waals surface area (Å²) in [5, 5.41) is 24.1. The first kappa shape index (κ1) is 20.0. The number of benzene rings is 1. The number of carbonyl (C=O) groups is 1. The topological polar surface area (TPSA) is 96.2 Å². The summed E-state index contributed by atoms with van der Waals surface area (Å²) in [6, 6.07) is 8.02. The number of nitrogens with one attached hydrogen (secondary N) is 1. The van der Waals surface area contributed by atoms with Crippen LogP contribution in [0.1, 0.15) is 44.1 Å². The lowest BCUT2D eigenvalue weighted by atomic mass is 9.85. The van der Waals surface area contributed by atoms with Crippen molar-refractivity contribution in [1.82, 2.24) is 30.4 Å². The summed E-state index contributed by atoms with van der Waals surface area (Å²) in [6.07, 6.45) is 8.14. The lowest BCUT2D eigenvalue weighted by Crippen LogP contribution is -2.43. The van der Waals surface area contributed by atoms with Gasteiger partial charge in [-0.2, -0.15) is 0 Å². The molecule has 2 aliphatic rings. The van der Waals surface area contributed by atoms with Gasteiger partial charge in [0.2, 0.25) is 5.91 Å². The van der Waals surface area contributed by atoms with Gasteiger partial charge in [-0.15, -0.1) is 5.10 Å². The third-order valence-electron chi connectivity index (χ3n) is 6.14. The van der Waals surface area contributed by atoms with E-state index in [2.05, 4.69) is 25.7 Å². The molecule has 1 saturated carbocycles. The zero-order chi connectivity index (χ0) is 20.1. The average Bonchev–Trinajstić information content (AvgIpc) is 3.25. The summed E-state index contributed by atoms with van der Waals surface area (Å²) >= 11 is 0. The normalized spacial score (nSPS) is 23.8. The zero-order valence-corrected chi connectivity index (χ0v) is 16.8. The van der Waals surface area contributed by atoms with Gasteiger partial charge in [-0.3, -0.25) is 4.79 Å². The van der Waals surface area contributed by atoms with Gasteiger partial charge in [-0.1, -0.05) is 18.6 Å². The monoisotopic (exact) mass is 398 g/mol. The molecule has 2 heterocycles. The van der Waals surface area contributed by atoms with Crippen LogP contribution < -0.4 is 5.32 Å². The maximum absolute atomic E-state index is 12.5. The van der Waals surface area contributed by atoms with E-state index >= 15 is 0 Å². The molecule has 2 fully saturated rings. The fourth-order valence-corrected chi connectivity index (χ4v) is 4.57. The van der Waals surface area contributed by atoms with Crippen molar-refractivity contribution in [3.05, 3.63) is 36.2 Å². The van der Waals surface area contributed by atoms with Gasteiger partial charge in [0, 0.05) is 25.7 Å². The second-order valence-corrected chi connectivity index (χ2v) is 8.43. The molecule has 0 radical (unpaired) electrons. The third kappa shape index (κ3) is 5.61. The molecule has 8 heteroatoms. The van der Waals surface area contributed by atoms with Crippen LogP contribution in [0, 0.1) is 5.92 Å². The van der Waals surface area contributed by atoms with Crippen molar-refractivity contribution in [3.8, 4) is 5.69 Å². The number of piperidine rings is 1. The first-order valence-electron chi connectivity index (χ1n) is 10.7. The van der Waals surface area contributed by atoms with E-state index in [9.17, 15) is 9.90 Å². The molecule has 156 valence electrons. The minimum absolute atomic E-state index is 0.0897. The van der Waals surface area contributed by atoms with E-state index in [1.807, 2.05) is 24.3 Å². The Labute approximate surface area is 171 Å². The number of aliphatic hydroxyl groups is 1. The Morgan fingerprint density at radius 1 is 1.14 bits per heavy atom. The first-order valence-corrected chi connectivity index (χ1v) is 10.7. The van der Waals surface area contributed by atoms with Crippen LogP contribution in [0.25, 0.3) is 5.69 Å². The summed E-state index contributed by atoms with van der Waals surface area (Å²) < 4.78 is 1.59. The Morgan fingerprint density at radius 3 is 2.66 bits per heavy atom. The molecule has 0 spiro atoms. The van der Waals surface area contributed by atoms with E-state index in [0.717, 1.165) is 56.6 Å². The molecule has 29 heavy (non-hydrogen) atoms. The van der Waals surface area contributed by atoms with E-state index in [0.29, 0.717) is 12.3 Å². The van der Waals surface area contributed by atoms with Gasteiger partial charge in [0.1, 0.15) is 6.33 Å². The Morgan fingerprint density at radius 2 is 1.93 bits per heavy atom. The molecular formula is C21H30N6O2. The van der Waals surface area contributed by atoms with Crippen LogP contribution in [0.5, 0.6) is 0 Å². The van der Waals surface area contributed by atoms with E-state index < -0.39 is 0 Å². The maximum Gasteiger partial charge on any atom is 0.224 e. The Bertz CT molecular complexity index is 771. The molecule has 2 atom stereocenters. The largest absolute Gasteiger partial charge is 0.393 e. The fourth-order valence-electron chi connectivity index (χ4n) is 4.57. The molecule has 0 bridgehead atoms. The summed E-state index contributed by atoms with van der Waals surface area (Å²) in [7, 11) is 0. The highest BCUT2D eigenvalue weighted by Gasteiger charge is 2.26. The van der Waals surface area contributed by atoms with Gasteiger partial charge in [0.05, 0.1) is 18.2 Å². The SMILES string of the molecule is O=C(Cc1ccc(-n2cnnn2)cc1)N[C@H]1CCC[C@@H](CN2CCC(O)CC2)C1. The predicted molar refractivity (Wildman–Crippen MR) is 108 cm³/mol. The molecule has 0 unspecified atom stereocenters. The molecule has 2 N–H and O–H groups in total. The summed E-state index contributed by atoms with van der Waals surface area (Å²) in [6.45, 7) is 3.09. The molecule has 1 amide bonds. The number of hydrogen-bond donors (Lipinski definition) is 2. The number of amides is 1. The standard InChI is InChI=1S/C21H30N6O2/c28-20-8-10-26(11-9-20)14-17-2-1-3-18(12-17)23-21(29)13-16-4-6-19(7-5-16)27-15-22-24-25-27/h4-7,15,17-18,20,28H,1-3,8-14H2,(H,23,29)/t17-,18+/m1/s1. The van der Waals surface area contributed by atoms with E-state index in [4.69, 9.17) is 0 Å². The van der Waals surface area contributed by atoms with Crippen molar-refractivity contribution in [2.24, 2.45) is 5.92 Å². The van der Waals surface area contributed by atoms with Crippen molar-refractivity contribution < 1.29 is 9.90 Å². The summed E-state index contributed by atoms with van der Waals surface area (Å²) in [5.74, 6) is 0.729. The first-order chi connectivity index (χ1) is 14.2. The lowest BCUT2D eigenvalue weighted by molar-refractivity contribution is -0.121. The smallest absolute Gasteiger partial charge is 0.224 e. The number of tetrazole rings is 1. The number of carbonyl (C=O) groups excluding carboxylic acids is 1. The average molecular weight is 399 g/mol. The number of hydrogen-bond acceptors (Lipinski definition) is 6. The van der Waals surface area contributed by atoms with Crippen LogP contribution in [-0.2, 0) is 11.2 Å². The van der Waals surface area contributed by atoms with Crippen molar-refractivity contribution >= 4 is 5.91 Å². The summed E-state index contributed by atoms with van der Waals surface area (Å²) in [4.78, 5) is 15.0. The number of aromatic nitrogens is 4. The van der Waals surface area contributed by atoms with E-state index in [1.54, 1.807) is 11.0 Å². The quantitative estimate of drug-likeness (QED) is 0.762. The Kier molecular flexibility index (Phi) is 6.51. The second-order valence-electron chi connectivity index (χ2n) is 8.43. The number of rotatable bonds is 6. The molecule has 8 nitrogen and oxygen atoms in total. The van der Waals surface area contributed by atoms with Crippen LogP contribution in [0.2, 0.25) is 0 Å². The molecule has 1 aliphatic carbocycles. The van der Waals surface area contributed by atoms with Gasteiger partial charge >= 0.3 is 0 Å². The maximum atomic E-state index is 12.5. The Balaban J connectivity index is 1.23. The van der Waals surface area contributed by atoms with Crippen molar-refractivity contribution in [1.29, 1.82) is 0 Å². The number of likely N-dealkylation sites (tertiary alicyclic amines) is 1. The fraction of sp³-hybridized carbons (Fsp3) is 0.619. The van der Waals surface area contributed by atoms with Crippen molar-refractivity contribution in [3.63, 3.8) is 0 Å². The molecule has 1 saturated heterocycles. The van der Waals surface area contributed by atoms with E-state index in [1.165, 1.54) is 12.8 Å². The van der Waals surface area contributed by atoms with Gasteiger partial charge in [-0.25, -0.2) is 4.68 Å². The van der Waals surface area contributed by atoms with Crippen molar-refractivity contribution in [2.75, 3.05) is 19.6 Å². The second kappa shape index (κ2) is 9.45. The Hall–Kier alpha value is -2.32. The highest BCUT2D eigenvalue weighted by atomic mass is 16.3. The minimum atomic E-state index is -0.119.